The van der Waals surface area contributed by atoms with Crippen LogP contribution >= 0.6 is 0 Å². The molecule has 0 saturated heterocycles. The molecule has 1 N–H and O–H groups in total. The molecule has 0 aromatic carbocycles. The summed E-state index contributed by atoms with van der Waals surface area (Å²) in [6, 6.07) is 0. The van der Waals surface area contributed by atoms with Crippen molar-refractivity contribution in [3.63, 3.8) is 0 Å². The van der Waals surface area contributed by atoms with E-state index < -0.39 is 5.97 Å². The van der Waals surface area contributed by atoms with Crippen molar-refractivity contribution in [1.29, 1.82) is 0 Å². The van der Waals surface area contributed by atoms with E-state index in [9.17, 15) is 4.79 Å². The minimum Gasteiger partial charge on any atom is -0.478 e. The number of carboxylic acids is 1. The maximum atomic E-state index is 10.6. The first-order valence-electron chi connectivity index (χ1n) is 5.64. The Morgan fingerprint density at radius 1 is 1.14 bits per heavy atom. The zero-order valence-electron chi connectivity index (χ0n) is 9.38. The van der Waals surface area contributed by atoms with Crippen molar-refractivity contribution in [3.8, 4) is 0 Å². The first-order valence-corrected chi connectivity index (χ1v) is 5.64. The second-order valence-corrected chi connectivity index (χ2v) is 3.59. The van der Waals surface area contributed by atoms with Gasteiger partial charge in [0.15, 0.2) is 0 Å². The zero-order valence-corrected chi connectivity index (χ0v) is 9.38. The van der Waals surface area contributed by atoms with Crippen LogP contribution in [0.3, 0.4) is 0 Å². The van der Waals surface area contributed by atoms with Gasteiger partial charge < -0.3 is 5.11 Å². The van der Waals surface area contributed by atoms with Gasteiger partial charge in [-0.05, 0) is 19.3 Å². The first kappa shape index (κ1) is 13.2. The maximum Gasteiger partial charge on any atom is 0.331 e. The van der Waals surface area contributed by atoms with E-state index in [0.29, 0.717) is 12.0 Å². The van der Waals surface area contributed by atoms with Crippen molar-refractivity contribution < 1.29 is 9.90 Å². The van der Waals surface area contributed by atoms with Crippen LogP contribution in [-0.2, 0) is 4.79 Å². The second-order valence-electron chi connectivity index (χ2n) is 3.59. The summed E-state index contributed by atoms with van der Waals surface area (Å²) in [5, 5.41) is 8.75. The van der Waals surface area contributed by atoms with Crippen molar-refractivity contribution in [1.82, 2.24) is 0 Å². The number of allylic oxidation sites excluding steroid dienone is 1. The van der Waals surface area contributed by atoms with E-state index in [1.807, 2.05) is 13.0 Å². The largest absolute Gasteiger partial charge is 0.478 e. The van der Waals surface area contributed by atoms with Gasteiger partial charge in [-0.3, -0.25) is 0 Å². The van der Waals surface area contributed by atoms with Crippen LogP contribution in [-0.4, -0.2) is 11.1 Å². The van der Waals surface area contributed by atoms with Crippen molar-refractivity contribution in [2.24, 2.45) is 0 Å². The minimum atomic E-state index is -0.763. The Hall–Kier alpha value is -0.790. The van der Waals surface area contributed by atoms with E-state index in [2.05, 4.69) is 6.92 Å². The highest BCUT2D eigenvalue weighted by atomic mass is 16.4. The third-order valence-electron chi connectivity index (χ3n) is 2.35. The van der Waals surface area contributed by atoms with Gasteiger partial charge in [-0.1, -0.05) is 45.6 Å². The lowest BCUT2D eigenvalue weighted by molar-refractivity contribution is -0.132. The Balaban J connectivity index is 3.53. The van der Waals surface area contributed by atoms with Crippen LogP contribution < -0.4 is 0 Å². The van der Waals surface area contributed by atoms with E-state index in [1.54, 1.807) is 0 Å². The molecule has 0 radical (unpaired) electrons. The van der Waals surface area contributed by atoms with Gasteiger partial charge >= 0.3 is 5.97 Å². The second kappa shape index (κ2) is 8.79. The lowest BCUT2D eigenvalue weighted by atomic mass is 10.1. The first-order chi connectivity index (χ1) is 6.72. The van der Waals surface area contributed by atoms with Crippen LogP contribution in [0.1, 0.15) is 58.8 Å². The van der Waals surface area contributed by atoms with Gasteiger partial charge in [0.2, 0.25) is 0 Å². The highest BCUT2D eigenvalue weighted by molar-refractivity contribution is 5.86. The molecule has 14 heavy (non-hydrogen) atoms. The van der Waals surface area contributed by atoms with Gasteiger partial charge in [-0.15, -0.1) is 0 Å². The topological polar surface area (TPSA) is 37.3 Å². The molecule has 0 amide bonds. The molecule has 0 saturated carbocycles. The van der Waals surface area contributed by atoms with Crippen LogP contribution in [0.2, 0.25) is 0 Å². The van der Waals surface area contributed by atoms with Crippen LogP contribution in [0.25, 0.3) is 0 Å². The van der Waals surface area contributed by atoms with Gasteiger partial charge in [0.05, 0.1) is 0 Å². The lowest BCUT2D eigenvalue weighted by Crippen LogP contribution is -1.98. The fraction of sp³-hybridized carbons (Fsp3) is 0.750. The average Bonchev–Trinajstić information content (AvgIpc) is 2.16. The quantitative estimate of drug-likeness (QED) is 0.476. The molecule has 0 bridgehead atoms. The Labute approximate surface area is 87.0 Å². The Kier molecular flexibility index (Phi) is 8.30. The number of carbonyl (C=O) groups is 1. The molecule has 0 spiro atoms. The summed E-state index contributed by atoms with van der Waals surface area (Å²) in [5.41, 5.74) is 0.556. The van der Waals surface area contributed by atoms with E-state index in [4.69, 9.17) is 5.11 Å². The van der Waals surface area contributed by atoms with Gasteiger partial charge in [-0.2, -0.15) is 0 Å². The van der Waals surface area contributed by atoms with Gasteiger partial charge in [-0.25, -0.2) is 4.79 Å². The van der Waals surface area contributed by atoms with Crippen molar-refractivity contribution >= 4 is 5.97 Å². The summed E-state index contributed by atoms with van der Waals surface area (Å²) in [4.78, 5) is 10.6. The molecular weight excluding hydrogens is 176 g/mol. The summed E-state index contributed by atoms with van der Waals surface area (Å²) in [6.07, 6.45) is 9.59. The predicted octanol–water partition coefficient (Wildman–Crippen LogP) is 3.77. The monoisotopic (exact) mass is 198 g/mol. The number of hydrogen-bond acceptors (Lipinski definition) is 1. The van der Waals surface area contributed by atoms with Crippen LogP contribution in [0.4, 0.5) is 0 Å². The van der Waals surface area contributed by atoms with E-state index in [1.165, 1.54) is 25.7 Å². The highest BCUT2D eigenvalue weighted by Gasteiger charge is 2.02. The smallest absolute Gasteiger partial charge is 0.331 e. The Morgan fingerprint density at radius 2 is 1.79 bits per heavy atom. The molecule has 0 aliphatic heterocycles. The van der Waals surface area contributed by atoms with Crippen LogP contribution in [0.5, 0.6) is 0 Å². The van der Waals surface area contributed by atoms with Crippen LogP contribution in [0, 0.1) is 0 Å². The molecule has 2 heteroatoms. The minimum absolute atomic E-state index is 0.556. The summed E-state index contributed by atoms with van der Waals surface area (Å²) in [5.74, 6) is -0.763. The molecule has 0 rings (SSSR count). The number of rotatable bonds is 8. The molecule has 0 aromatic heterocycles. The molecule has 0 unspecified atom stereocenters. The van der Waals surface area contributed by atoms with Crippen molar-refractivity contribution in [3.05, 3.63) is 11.6 Å². The summed E-state index contributed by atoms with van der Waals surface area (Å²) < 4.78 is 0. The Bertz CT molecular complexity index is 183. The van der Waals surface area contributed by atoms with E-state index in [-0.39, 0.29) is 0 Å². The normalized spacial score (nSPS) is 11.7. The van der Waals surface area contributed by atoms with Gasteiger partial charge in [0.1, 0.15) is 0 Å². The van der Waals surface area contributed by atoms with E-state index >= 15 is 0 Å². The van der Waals surface area contributed by atoms with Crippen molar-refractivity contribution in [2.45, 2.75) is 58.8 Å². The summed E-state index contributed by atoms with van der Waals surface area (Å²) >= 11 is 0. The molecule has 0 atom stereocenters. The molecule has 0 aliphatic rings. The van der Waals surface area contributed by atoms with Gasteiger partial charge in [0.25, 0.3) is 0 Å². The fourth-order valence-electron chi connectivity index (χ4n) is 1.41. The third kappa shape index (κ3) is 6.70. The third-order valence-corrected chi connectivity index (χ3v) is 2.35. The summed E-state index contributed by atoms with van der Waals surface area (Å²) in [6.45, 7) is 4.08. The van der Waals surface area contributed by atoms with Crippen LogP contribution in [0.15, 0.2) is 11.6 Å². The zero-order chi connectivity index (χ0) is 10.8. The van der Waals surface area contributed by atoms with Gasteiger partial charge in [0, 0.05) is 5.57 Å². The molecule has 0 aliphatic carbocycles. The van der Waals surface area contributed by atoms with E-state index in [0.717, 1.165) is 12.8 Å². The maximum absolute atomic E-state index is 10.6. The predicted molar refractivity (Wildman–Crippen MR) is 59.4 cm³/mol. The molecule has 0 aromatic rings. The number of hydrogen-bond donors (Lipinski definition) is 1. The molecule has 0 heterocycles. The van der Waals surface area contributed by atoms with Crippen molar-refractivity contribution in [2.75, 3.05) is 0 Å². The number of carboxylic acid groups (broad SMARTS) is 1. The lowest BCUT2D eigenvalue weighted by Gasteiger charge is -1.99. The molecule has 2 nitrogen and oxygen atoms in total. The number of unbranched alkanes of at least 4 members (excludes halogenated alkanes) is 5. The standard InChI is InChI=1S/C12H22O2/c1-3-5-6-7-8-9-10-11(4-2)12(13)14/h10H,3-9H2,1-2H3,(H,13,14)/b11-10-. The molecule has 0 fully saturated rings. The molecular formula is C12H22O2. The highest BCUT2D eigenvalue weighted by Crippen LogP contribution is 2.08. The fourth-order valence-corrected chi connectivity index (χ4v) is 1.41. The Morgan fingerprint density at radius 3 is 2.29 bits per heavy atom. The number of aliphatic carboxylic acids is 1. The molecule has 82 valence electrons. The summed E-state index contributed by atoms with van der Waals surface area (Å²) in [7, 11) is 0. The SMILES string of the molecule is CCCCCCC/C=C(/CC)C(=O)O. The average molecular weight is 198 g/mol.